The molecule has 0 amide bonds. The number of amidine groups is 1. The van der Waals surface area contributed by atoms with Crippen LogP contribution in [0.25, 0.3) is 0 Å². The maximum absolute atomic E-state index is 13.6. The molecule has 1 aromatic carbocycles. The molecule has 6 heteroatoms. The highest BCUT2D eigenvalue weighted by atomic mass is 32.2. The second kappa shape index (κ2) is 5.45. The Kier molecular flexibility index (Phi) is 4.23. The van der Waals surface area contributed by atoms with Crippen LogP contribution in [0.3, 0.4) is 0 Å². The van der Waals surface area contributed by atoms with Crippen LogP contribution in [0.4, 0.5) is 4.39 Å². The molecular formula is C9H12FN3OS. The number of hydrazone groups is 1. The van der Waals surface area contributed by atoms with Crippen LogP contribution in [-0.4, -0.2) is 12.3 Å². The summed E-state index contributed by atoms with van der Waals surface area (Å²) in [5.41, 5.74) is 5.88. The topological polar surface area (TPSA) is 73.6 Å². The van der Waals surface area contributed by atoms with Gasteiger partial charge in [-0.15, -0.1) is 0 Å². The molecule has 0 aromatic heterocycles. The van der Waals surface area contributed by atoms with E-state index in [-0.39, 0.29) is 16.7 Å². The molecule has 0 spiro atoms. The van der Waals surface area contributed by atoms with Crippen LogP contribution in [0, 0.1) is 5.82 Å². The van der Waals surface area contributed by atoms with Crippen molar-refractivity contribution in [2.24, 2.45) is 16.7 Å². The Bertz CT molecular complexity index is 370. The maximum Gasteiger partial charge on any atom is 0.177 e. The van der Waals surface area contributed by atoms with Crippen molar-refractivity contribution in [3.05, 3.63) is 29.6 Å². The molecule has 0 bridgehead atoms. The third kappa shape index (κ3) is 3.02. The van der Waals surface area contributed by atoms with Gasteiger partial charge in [-0.3, -0.25) is 0 Å². The molecule has 1 aromatic rings. The van der Waals surface area contributed by atoms with Gasteiger partial charge in [0.1, 0.15) is 0 Å². The van der Waals surface area contributed by atoms with Crippen LogP contribution >= 0.6 is 11.8 Å². The van der Waals surface area contributed by atoms with E-state index >= 15 is 0 Å². The first kappa shape index (κ1) is 11.6. The van der Waals surface area contributed by atoms with Crippen LogP contribution in [-0.2, 0) is 5.75 Å². The van der Waals surface area contributed by atoms with Crippen LogP contribution < -0.4 is 16.3 Å². The van der Waals surface area contributed by atoms with Gasteiger partial charge in [0.05, 0.1) is 7.11 Å². The summed E-state index contributed by atoms with van der Waals surface area (Å²) >= 11 is 1.17. The lowest BCUT2D eigenvalue weighted by Crippen LogP contribution is -2.09. The lowest BCUT2D eigenvalue weighted by molar-refractivity contribution is 0.385. The van der Waals surface area contributed by atoms with Gasteiger partial charge in [-0.05, 0) is 6.07 Å². The van der Waals surface area contributed by atoms with Gasteiger partial charge < -0.3 is 16.3 Å². The van der Waals surface area contributed by atoms with E-state index in [2.05, 4.69) is 5.10 Å². The standard InChI is InChI=1S/C9H12FN3OS/c1-14-7-4-2-3-6(8(7)10)5-15-9(11)13-12/h2-4H,5,12H2,1H3,(H2,11,13). The number of rotatable bonds is 3. The summed E-state index contributed by atoms with van der Waals surface area (Å²) in [6.07, 6.45) is 0. The summed E-state index contributed by atoms with van der Waals surface area (Å²) < 4.78 is 18.4. The number of hydrogen-bond donors (Lipinski definition) is 2. The van der Waals surface area contributed by atoms with E-state index in [1.54, 1.807) is 18.2 Å². The summed E-state index contributed by atoms with van der Waals surface area (Å²) in [6.45, 7) is 0. The number of nitrogens with two attached hydrogens (primary N) is 2. The highest BCUT2D eigenvalue weighted by Gasteiger charge is 2.08. The maximum atomic E-state index is 13.6. The molecule has 0 aliphatic rings. The highest BCUT2D eigenvalue weighted by molar-refractivity contribution is 8.13. The van der Waals surface area contributed by atoms with Gasteiger partial charge in [0.25, 0.3) is 0 Å². The van der Waals surface area contributed by atoms with E-state index < -0.39 is 0 Å². The van der Waals surface area contributed by atoms with Gasteiger partial charge >= 0.3 is 0 Å². The first-order valence-electron chi connectivity index (χ1n) is 4.16. The fourth-order valence-electron chi connectivity index (χ4n) is 1.01. The quantitative estimate of drug-likeness (QED) is 0.354. The lowest BCUT2D eigenvalue weighted by Gasteiger charge is -2.06. The fourth-order valence-corrected chi connectivity index (χ4v) is 1.62. The number of methoxy groups -OCH3 is 1. The summed E-state index contributed by atoms with van der Waals surface area (Å²) in [6, 6.07) is 4.94. The number of nitrogens with zero attached hydrogens (tertiary/aromatic N) is 1. The largest absolute Gasteiger partial charge is 0.494 e. The summed E-state index contributed by atoms with van der Waals surface area (Å²) in [4.78, 5) is 0. The Labute approximate surface area is 91.5 Å². The third-order valence-corrected chi connectivity index (χ3v) is 2.62. The monoisotopic (exact) mass is 229 g/mol. The Hall–Kier alpha value is -1.43. The van der Waals surface area contributed by atoms with Crippen molar-refractivity contribution < 1.29 is 9.13 Å². The van der Waals surface area contributed by atoms with E-state index in [1.165, 1.54) is 18.9 Å². The highest BCUT2D eigenvalue weighted by Crippen LogP contribution is 2.23. The SMILES string of the molecule is COc1cccc(CS/C(N)=N/N)c1F. The number of thioether (sulfide) groups is 1. The molecule has 0 atom stereocenters. The smallest absolute Gasteiger partial charge is 0.177 e. The van der Waals surface area contributed by atoms with Gasteiger partial charge in [0.2, 0.25) is 0 Å². The van der Waals surface area contributed by atoms with Crippen LogP contribution in [0.1, 0.15) is 5.56 Å². The molecule has 1 rings (SSSR count). The normalized spacial score (nSPS) is 11.5. The minimum Gasteiger partial charge on any atom is -0.494 e. The lowest BCUT2D eigenvalue weighted by atomic mass is 10.2. The summed E-state index contributed by atoms with van der Waals surface area (Å²) in [5.74, 6) is 5.17. The van der Waals surface area contributed by atoms with Gasteiger partial charge in [0.15, 0.2) is 16.7 Å². The van der Waals surface area contributed by atoms with Crippen molar-refractivity contribution in [3.63, 3.8) is 0 Å². The molecule has 4 N–H and O–H groups in total. The molecule has 0 heterocycles. The van der Waals surface area contributed by atoms with E-state index in [4.69, 9.17) is 16.3 Å². The summed E-state index contributed by atoms with van der Waals surface area (Å²) in [7, 11) is 1.42. The predicted molar refractivity (Wildman–Crippen MR) is 60.1 cm³/mol. The zero-order valence-corrected chi connectivity index (χ0v) is 9.05. The first-order chi connectivity index (χ1) is 7.19. The average Bonchev–Trinajstić information content (AvgIpc) is 2.27. The van der Waals surface area contributed by atoms with Crippen molar-refractivity contribution in [2.75, 3.05) is 7.11 Å². The van der Waals surface area contributed by atoms with Crippen molar-refractivity contribution in [2.45, 2.75) is 5.75 Å². The molecule has 0 radical (unpaired) electrons. The van der Waals surface area contributed by atoms with E-state index in [9.17, 15) is 4.39 Å². The van der Waals surface area contributed by atoms with Crippen molar-refractivity contribution >= 4 is 16.9 Å². The van der Waals surface area contributed by atoms with Crippen LogP contribution in [0.5, 0.6) is 5.75 Å². The van der Waals surface area contributed by atoms with E-state index in [0.29, 0.717) is 11.3 Å². The minimum atomic E-state index is -0.377. The number of benzene rings is 1. The Morgan fingerprint density at radius 2 is 2.33 bits per heavy atom. The van der Waals surface area contributed by atoms with E-state index in [0.717, 1.165) is 0 Å². The average molecular weight is 229 g/mol. The van der Waals surface area contributed by atoms with Gasteiger partial charge in [-0.2, -0.15) is 5.10 Å². The Balaban J connectivity index is 2.77. The zero-order valence-electron chi connectivity index (χ0n) is 8.24. The third-order valence-electron chi connectivity index (χ3n) is 1.77. The Morgan fingerprint density at radius 1 is 1.60 bits per heavy atom. The zero-order chi connectivity index (χ0) is 11.3. The molecule has 82 valence electrons. The molecule has 15 heavy (non-hydrogen) atoms. The van der Waals surface area contributed by atoms with Gasteiger partial charge in [0, 0.05) is 11.3 Å². The first-order valence-corrected chi connectivity index (χ1v) is 5.15. The van der Waals surface area contributed by atoms with Gasteiger partial charge in [-0.25, -0.2) is 4.39 Å². The molecule has 0 aliphatic carbocycles. The molecule has 0 fully saturated rings. The molecule has 0 saturated heterocycles. The molecule has 0 aliphatic heterocycles. The van der Waals surface area contributed by atoms with Gasteiger partial charge in [-0.1, -0.05) is 23.9 Å². The predicted octanol–water partition coefficient (Wildman–Crippen LogP) is 1.26. The second-order valence-corrected chi connectivity index (χ2v) is 3.69. The fraction of sp³-hybridized carbons (Fsp3) is 0.222. The molecule has 0 saturated carbocycles. The van der Waals surface area contributed by atoms with Crippen molar-refractivity contribution in [1.82, 2.24) is 0 Å². The molecule has 0 unspecified atom stereocenters. The number of halogens is 1. The number of hydrogen-bond acceptors (Lipinski definition) is 4. The van der Waals surface area contributed by atoms with Crippen LogP contribution in [0.2, 0.25) is 0 Å². The van der Waals surface area contributed by atoms with Crippen molar-refractivity contribution in [3.8, 4) is 5.75 Å². The molecule has 4 nitrogen and oxygen atoms in total. The Morgan fingerprint density at radius 3 is 2.93 bits per heavy atom. The summed E-state index contributed by atoms with van der Waals surface area (Å²) in [5, 5.41) is 3.50. The second-order valence-electron chi connectivity index (χ2n) is 2.69. The molecular weight excluding hydrogens is 217 g/mol. The van der Waals surface area contributed by atoms with E-state index in [1.807, 2.05) is 0 Å². The minimum absolute atomic E-state index is 0.219. The van der Waals surface area contributed by atoms with Crippen molar-refractivity contribution in [1.29, 1.82) is 0 Å². The van der Waals surface area contributed by atoms with Crippen LogP contribution in [0.15, 0.2) is 23.3 Å². The number of ether oxygens (including phenoxy) is 1.